The second kappa shape index (κ2) is 15.8. The summed E-state index contributed by atoms with van der Waals surface area (Å²) in [6.45, 7) is 12.4. The molecule has 3 fully saturated rings. The van der Waals surface area contributed by atoms with Crippen molar-refractivity contribution in [1.29, 1.82) is 0 Å². The van der Waals surface area contributed by atoms with Crippen LogP contribution in [-0.2, 0) is 17.8 Å². The minimum atomic E-state index is -0.434. The zero-order valence-electron chi connectivity index (χ0n) is 32.2. The Morgan fingerprint density at radius 1 is 0.804 bits per heavy atom. The van der Waals surface area contributed by atoms with Crippen molar-refractivity contribution in [3.8, 4) is 11.5 Å². The van der Waals surface area contributed by atoms with Crippen LogP contribution in [0.5, 0.6) is 11.5 Å². The van der Waals surface area contributed by atoms with Gasteiger partial charge >= 0.3 is 0 Å². The van der Waals surface area contributed by atoms with Gasteiger partial charge in [0.05, 0.1) is 6.61 Å². The Morgan fingerprint density at radius 2 is 1.64 bits per heavy atom. The topological polar surface area (TPSA) is 88.6 Å². The van der Waals surface area contributed by atoms with Crippen molar-refractivity contribution in [3.63, 3.8) is 0 Å². The minimum absolute atomic E-state index is 0.0447. The molecule has 56 heavy (non-hydrogen) atoms. The number of phenolic OH excluding ortho intramolecular Hbond substituents is 1. The number of rotatable bonds is 10. The summed E-state index contributed by atoms with van der Waals surface area (Å²) >= 11 is 0. The Labute approximate surface area is 330 Å². The zero-order chi connectivity index (χ0) is 38.2. The molecule has 0 radical (unpaired) electrons. The molecule has 2 amide bonds. The molecule has 9 heteroatoms. The number of benzene rings is 4. The molecule has 290 valence electrons. The number of ether oxygens (including phenoxy) is 1. The van der Waals surface area contributed by atoms with E-state index >= 15 is 0 Å². The number of piperazine rings is 2. The fraction of sp³-hybridized carbons (Fsp3) is 0.404. The zero-order valence-corrected chi connectivity index (χ0v) is 32.2. The number of phenols is 1. The molecule has 4 atom stereocenters. The van der Waals surface area contributed by atoms with Crippen LogP contribution in [0.2, 0.25) is 0 Å². The lowest BCUT2D eigenvalue weighted by Crippen LogP contribution is -2.62. The number of piperidine rings is 1. The fourth-order valence-electron chi connectivity index (χ4n) is 9.97. The van der Waals surface area contributed by atoms with Crippen molar-refractivity contribution in [2.45, 2.75) is 69.0 Å². The maximum atomic E-state index is 13.3. The van der Waals surface area contributed by atoms with Crippen LogP contribution >= 0.6 is 0 Å². The number of hydrogen-bond donors (Lipinski definition) is 2. The van der Waals surface area contributed by atoms with Gasteiger partial charge in [-0.15, -0.1) is 0 Å². The van der Waals surface area contributed by atoms with E-state index in [1.165, 1.54) is 27.9 Å². The molecular weight excluding hydrogens is 699 g/mol. The molecule has 4 aliphatic heterocycles. The molecule has 2 N–H and O–H groups in total. The van der Waals surface area contributed by atoms with E-state index in [0.717, 1.165) is 94.1 Å². The highest BCUT2D eigenvalue weighted by Gasteiger charge is 2.39. The number of fused-ring (bicyclic) bond motifs is 3. The van der Waals surface area contributed by atoms with Gasteiger partial charge < -0.3 is 29.9 Å². The maximum Gasteiger partial charge on any atom is 0.255 e. The molecule has 0 aromatic heterocycles. The quantitative estimate of drug-likeness (QED) is 0.175. The average molecular weight is 752 g/mol. The number of carbonyl (C=O) groups is 2. The van der Waals surface area contributed by atoms with E-state index in [-0.39, 0.29) is 17.7 Å². The van der Waals surface area contributed by atoms with E-state index in [9.17, 15) is 14.7 Å². The average Bonchev–Trinajstić information content (AvgIpc) is 3.55. The first-order chi connectivity index (χ1) is 27.4. The molecular formula is C47H53N5O4. The standard InChI is InChI=1S/C47H53N5O4/c1-32-9-20-44(46(54)48-32)52-29-36-27-37(13-18-43(36)47(52)55)51-25-24-50-23-22-49(30-38(50)31-51)21-5-6-26-56-40-15-10-34(11-16-40)45-41(33-7-3-2-4-8-33)17-12-35-28-39(53)14-19-42(35)45/h2-4,7-8,10-11,13-16,18-19,27-28,38,41,44-45,53H,1,5-6,9,12,17,20-26,29-31H2,(H,48,54)/t38?,41-,44?,45+/m1/s1. The van der Waals surface area contributed by atoms with Gasteiger partial charge in [-0.25, -0.2) is 0 Å². The summed E-state index contributed by atoms with van der Waals surface area (Å²) in [6.07, 6.45) is 5.46. The van der Waals surface area contributed by atoms with Gasteiger partial charge in [-0.2, -0.15) is 0 Å². The highest BCUT2D eigenvalue weighted by molar-refractivity contribution is 6.01. The van der Waals surface area contributed by atoms with Gasteiger partial charge in [0, 0.05) is 74.7 Å². The Kier molecular flexibility index (Phi) is 10.3. The van der Waals surface area contributed by atoms with Gasteiger partial charge in [0.25, 0.3) is 5.91 Å². The third kappa shape index (κ3) is 7.42. The molecule has 2 unspecified atom stereocenters. The monoisotopic (exact) mass is 751 g/mol. The van der Waals surface area contributed by atoms with Crippen molar-refractivity contribution in [2.24, 2.45) is 0 Å². The minimum Gasteiger partial charge on any atom is -0.508 e. The molecule has 4 aromatic rings. The lowest BCUT2D eigenvalue weighted by molar-refractivity contribution is -0.126. The second-order valence-corrected chi connectivity index (χ2v) is 16.4. The molecule has 9 nitrogen and oxygen atoms in total. The van der Waals surface area contributed by atoms with Crippen LogP contribution in [0.1, 0.15) is 82.1 Å². The van der Waals surface area contributed by atoms with E-state index < -0.39 is 6.04 Å². The molecule has 4 heterocycles. The largest absolute Gasteiger partial charge is 0.508 e. The summed E-state index contributed by atoms with van der Waals surface area (Å²) in [6, 6.07) is 31.7. The van der Waals surface area contributed by atoms with Gasteiger partial charge in [0.1, 0.15) is 17.5 Å². The number of aryl methyl sites for hydroxylation is 1. The first kappa shape index (κ1) is 36.5. The molecule has 1 aliphatic carbocycles. The number of carbonyl (C=O) groups excluding carboxylic acids is 2. The van der Waals surface area contributed by atoms with Crippen LogP contribution in [0.4, 0.5) is 5.69 Å². The smallest absolute Gasteiger partial charge is 0.255 e. The highest BCUT2D eigenvalue weighted by Crippen LogP contribution is 2.47. The lowest BCUT2D eigenvalue weighted by Gasteiger charge is -2.48. The van der Waals surface area contributed by atoms with Crippen molar-refractivity contribution in [3.05, 3.63) is 137 Å². The molecule has 0 bridgehead atoms. The van der Waals surface area contributed by atoms with Crippen LogP contribution in [0.3, 0.4) is 0 Å². The normalized spacial score (nSPS) is 24.0. The predicted octanol–water partition coefficient (Wildman–Crippen LogP) is 6.67. The number of unbranched alkanes of at least 4 members (excludes halogenated alkanes) is 1. The van der Waals surface area contributed by atoms with E-state index in [4.69, 9.17) is 4.74 Å². The van der Waals surface area contributed by atoms with Gasteiger partial charge in [-0.3, -0.25) is 14.5 Å². The molecule has 0 spiro atoms. The summed E-state index contributed by atoms with van der Waals surface area (Å²) in [5.74, 6) is 1.70. The summed E-state index contributed by atoms with van der Waals surface area (Å²) < 4.78 is 6.26. The van der Waals surface area contributed by atoms with Crippen molar-refractivity contribution in [1.82, 2.24) is 20.0 Å². The SMILES string of the molecule is C=C1CCC(N2Cc3cc(N4CCN5CCN(CCCCOc6ccc([C@@H]7c8ccc(O)cc8CC[C@@H]7c7ccccc7)cc6)CC5C4)ccc3C2=O)C(=O)N1. The Hall–Kier alpha value is -5.12. The maximum absolute atomic E-state index is 13.3. The summed E-state index contributed by atoms with van der Waals surface area (Å²) in [5.41, 5.74) is 8.84. The molecule has 3 saturated heterocycles. The summed E-state index contributed by atoms with van der Waals surface area (Å²) in [5, 5.41) is 13.0. The van der Waals surface area contributed by atoms with Gasteiger partial charge in [0.2, 0.25) is 5.91 Å². The number of nitrogens with zero attached hydrogens (tertiary/aromatic N) is 4. The Balaban J connectivity index is 0.756. The van der Waals surface area contributed by atoms with Gasteiger partial charge in [-0.1, -0.05) is 55.1 Å². The third-order valence-corrected chi connectivity index (χ3v) is 13.0. The number of nitrogens with one attached hydrogen (secondary N) is 1. The Morgan fingerprint density at radius 3 is 2.48 bits per heavy atom. The van der Waals surface area contributed by atoms with E-state index in [1.54, 1.807) is 4.90 Å². The van der Waals surface area contributed by atoms with Crippen molar-refractivity contribution >= 4 is 17.5 Å². The first-order valence-electron chi connectivity index (χ1n) is 20.6. The highest BCUT2D eigenvalue weighted by atomic mass is 16.5. The number of hydrogen-bond acceptors (Lipinski definition) is 7. The first-order valence-corrected chi connectivity index (χ1v) is 20.6. The van der Waals surface area contributed by atoms with E-state index in [2.05, 4.69) is 99.4 Å². The van der Waals surface area contributed by atoms with Gasteiger partial charge in [0.15, 0.2) is 0 Å². The summed E-state index contributed by atoms with van der Waals surface area (Å²) in [4.78, 5) is 35.4. The van der Waals surface area contributed by atoms with Crippen LogP contribution in [0.25, 0.3) is 0 Å². The number of anilines is 1. The third-order valence-electron chi connectivity index (χ3n) is 13.0. The van der Waals surface area contributed by atoms with Crippen LogP contribution < -0.4 is 15.0 Å². The molecule has 9 rings (SSSR count). The number of aromatic hydroxyl groups is 1. The predicted molar refractivity (Wildman–Crippen MR) is 219 cm³/mol. The van der Waals surface area contributed by atoms with Crippen LogP contribution in [0.15, 0.2) is 103 Å². The van der Waals surface area contributed by atoms with Crippen molar-refractivity contribution < 1.29 is 19.4 Å². The summed E-state index contributed by atoms with van der Waals surface area (Å²) in [7, 11) is 0. The van der Waals surface area contributed by atoms with Gasteiger partial charge in [-0.05, 0) is 121 Å². The fourth-order valence-corrected chi connectivity index (χ4v) is 9.97. The van der Waals surface area contributed by atoms with E-state index in [1.807, 2.05) is 18.2 Å². The number of amides is 2. The second-order valence-electron chi connectivity index (χ2n) is 16.4. The molecule has 5 aliphatic rings. The Bertz CT molecular complexity index is 2090. The van der Waals surface area contributed by atoms with E-state index in [0.29, 0.717) is 43.7 Å². The molecule has 4 aromatic carbocycles. The van der Waals surface area contributed by atoms with Crippen LogP contribution in [-0.4, -0.2) is 96.1 Å². The van der Waals surface area contributed by atoms with Crippen LogP contribution in [0, 0.1) is 0 Å². The number of allylic oxidation sites excluding steroid dienone is 1. The lowest BCUT2D eigenvalue weighted by atomic mass is 9.69. The molecule has 0 saturated carbocycles. The van der Waals surface area contributed by atoms with Crippen molar-refractivity contribution in [2.75, 3.05) is 57.3 Å².